The maximum absolute atomic E-state index is 14.0. The van der Waals surface area contributed by atoms with Gasteiger partial charge in [0.1, 0.15) is 5.82 Å². The monoisotopic (exact) mass is 523 g/mol. The van der Waals surface area contributed by atoms with Crippen LogP contribution >= 0.6 is 11.3 Å². The van der Waals surface area contributed by atoms with Gasteiger partial charge in [-0.25, -0.2) is 4.98 Å². The van der Waals surface area contributed by atoms with Crippen molar-refractivity contribution in [2.24, 2.45) is 5.92 Å². The second kappa shape index (κ2) is 10.4. The summed E-state index contributed by atoms with van der Waals surface area (Å²) in [5.41, 5.74) is 3.36. The van der Waals surface area contributed by atoms with Crippen molar-refractivity contribution in [2.75, 3.05) is 10.2 Å². The number of nitrogens with zero attached hydrogens (tertiary/aromatic N) is 3. The quantitative estimate of drug-likeness (QED) is 0.248. The number of benzene rings is 2. The Labute approximate surface area is 224 Å². The number of aromatic amines is 1. The van der Waals surface area contributed by atoms with E-state index in [4.69, 9.17) is 4.98 Å². The van der Waals surface area contributed by atoms with Gasteiger partial charge in [-0.05, 0) is 73.7 Å². The average molecular weight is 524 g/mol. The van der Waals surface area contributed by atoms with E-state index in [1.54, 1.807) is 24.5 Å². The molecule has 0 aliphatic heterocycles. The molecule has 5 aromatic rings. The summed E-state index contributed by atoms with van der Waals surface area (Å²) in [5, 5.41) is 3.86. The van der Waals surface area contributed by atoms with E-state index in [0.29, 0.717) is 10.6 Å². The molecule has 0 saturated heterocycles. The molecule has 0 spiro atoms. The molecule has 0 radical (unpaired) electrons. The van der Waals surface area contributed by atoms with Crippen LogP contribution in [0.3, 0.4) is 0 Å². The summed E-state index contributed by atoms with van der Waals surface area (Å²) in [6.45, 7) is 2.03. The van der Waals surface area contributed by atoms with Crippen molar-refractivity contribution in [3.8, 4) is 0 Å². The topological polar surface area (TPSA) is 91.0 Å². The molecular formula is C30H29N5O2S. The van der Waals surface area contributed by atoms with Gasteiger partial charge in [0.2, 0.25) is 5.91 Å². The number of hydrogen-bond acceptors (Lipinski definition) is 5. The minimum absolute atomic E-state index is 0.00968. The molecule has 1 unspecified atom stereocenters. The Morgan fingerprint density at radius 1 is 1.03 bits per heavy atom. The molecule has 2 amide bonds. The van der Waals surface area contributed by atoms with E-state index in [9.17, 15) is 9.59 Å². The van der Waals surface area contributed by atoms with Crippen molar-refractivity contribution in [1.82, 2.24) is 15.0 Å². The Balaban J connectivity index is 1.35. The van der Waals surface area contributed by atoms with Crippen LogP contribution in [0, 0.1) is 5.92 Å². The third-order valence-electron chi connectivity index (χ3n) is 7.32. The van der Waals surface area contributed by atoms with Crippen LogP contribution in [0.4, 0.5) is 11.4 Å². The molecule has 6 rings (SSSR count). The number of nitrogens with one attached hydrogen (secondary N) is 2. The van der Waals surface area contributed by atoms with Crippen molar-refractivity contribution in [3.05, 3.63) is 83.8 Å². The van der Waals surface area contributed by atoms with E-state index in [2.05, 4.69) is 15.3 Å². The lowest BCUT2D eigenvalue weighted by atomic mass is 9.87. The molecule has 38 heavy (non-hydrogen) atoms. The average Bonchev–Trinajstić information content (AvgIpc) is 3.58. The molecule has 2 N–H and O–H groups in total. The Morgan fingerprint density at radius 3 is 2.61 bits per heavy atom. The number of thiophene rings is 1. The summed E-state index contributed by atoms with van der Waals surface area (Å²) in [6.07, 6.45) is 8.49. The van der Waals surface area contributed by atoms with Gasteiger partial charge < -0.3 is 15.2 Å². The highest BCUT2D eigenvalue weighted by Gasteiger charge is 2.32. The van der Waals surface area contributed by atoms with Gasteiger partial charge in [0.25, 0.3) is 5.91 Å². The van der Waals surface area contributed by atoms with Crippen molar-refractivity contribution in [3.63, 3.8) is 0 Å². The minimum atomic E-state index is -0.276. The van der Waals surface area contributed by atoms with Gasteiger partial charge in [-0.3, -0.25) is 14.6 Å². The molecule has 192 valence electrons. The number of rotatable bonds is 6. The number of anilines is 2. The van der Waals surface area contributed by atoms with Crippen molar-refractivity contribution >= 4 is 55.6 Å². The summed E-state index contributed by atoms with van der Waals surface area (Å²) in [7, 11) is 0. The van der Waals surface area contributed by atoms with Gasteiger partial charge in [0.05, 0.1) is 22.0 Å². The lowest BCUT2D eigenvalue weighted by Gasteiger charge is -2.33. The number of carbonyl (C=O) groups excluding carboxylic acids is 2. The number of imidazole rings is 1. The standard InChI is InChI=1S/C30H29N5O2S/c1-19(28-33-24-9-5-6-10-25(24)34-28)35(30(37)20-7-3-2-4-8-20)23-11-12-26-21(17-23)18-27(38-26)29(36)32-22-13-15-31-16-14-22/h5-6,9-20H,2-4,7-8H2,1H3,(H,33,34)(H,31,32,36). The Kier molecular flexibility index (Phi) is 6.64. The molecule has 0 bridgehead atoms. The molecule has 1 aliphatic rings. The van der Waals surface area contributed by atoms with Crippen LogP contribution in [0.25, 0.3) is 21.1 Å². The van der Waals surface area contributed by atoms with Crippen LogP contribution < -0.4 is 10.2 Å². The van der Waals surface area contributed by atoms with E-state index in [1.165, 1.54) is 17.8 Å². The van der Waals surface area contributed by atoms with Crippen molar-refractivity contribution < 1.29 is 9.59 Å². The fourth-order valence-corrected chi connectivity index (χ4v) is 6.24. The number of carbonyl (C=O) groups is 2. The summed E-state index contributed by atoms with van der Waals surface area (Å²) in [4.78, 5) is 41.6. The summed E-state index contributed by atoms with van der Waals surface area (Å²) >= 11 is 1.44. The first kappa shape index (κ1) is 24.3. The third-order valence-corrected chi connectivity index (χ3v) is 8.44. The Hall–Kier alpha value is -4.04. The molecule has 7 nitrogen and oxygen atoms in total. The number of para-hydroxylation sites is 2. The van der Waals surface area contributed by atoms with E-state index in [-0.39, 0.29) is 23.8 Å². The Morgan fingerprint density at radius 2 is 1.82 bits per heavy atom. The number of amides is 2. The zero-order valence-electron chi connectivity index (χ0n) is 21.2. The lowest BCUT2D eigenvalue weighted by Crippen LogP contribution is -2.39. The van der Waals surface area contributed by atoms with Crippen LogP contribution in [0.5, 0.6) is 0 Å². The molecule has 1 atom stereocenters. The second-order valence-corrected chi connectivity index (χ2v) is 11.0. The molecule has 1 fully saturated rings. The minimum Gasteiger partial charge on any atom is -0.340 e. The van der Waals surface area contributed by atoms with Crippen LogP contribution in [0.15, 0.2) is 73.1 Å². The molecular weight excluding hydrogens is 494 g/mol. The normalized spacial score (nSPS) is 15.0. The number of aromatic nitrogens is 3. The van der Waals surface area contributed by atoms with E-state index < -0.39 is 0 Å². The first-order valence-electron chi connectivity index (χ1n) is 13.1. The molecule has 2 aromatic carbocycles. The molecule has 1 saturated carbocycles. The number of pyridine rings is 1. The Bertz CT molecular complexity index is 1570. The van der Waals surface area contributed by atoms with Crippen LogP contribution in [-0.2, 0) is 4.79 Å². The number of hydrogen-bond donors (Lipinski definition) is 2. The first-order valence-corrected chi connectivity index (χ1v) is 13.9. The van der Waals surface area contributed by atoms with Gasteiger partial charge in [-0.1, -0.05) is 31.4 Å². The van der Waals surface area contributed by atoms with Crippen LogP contribution in [0.2, 0.25) is 0 Å². The number of H-pyrrole nitrogens is 1. The summed E-state index contributed by atoms with van der Waals surface area (Å²) in [5.74, 6) is 0.751. The fraction of sp³-hybridized carbons (Fsp3) is 0.267. The van der Waals surface area contributed by atoms with Crippen molar-refractivity contribution in [2.45, 2.75) is 45.1 Å². The van der Waals surface area contributed by atoms with Gasteiger partial charge in [0, 0.05) is 34.4 Å². The zero-order valence-corrected chi connectivity index (χ0v) is 22.0. The van der Waals surface area contributed by atoms with Crippen molar-refractivity contribution in [1.29, 1.82) is 0 Å². The highest BCUT2D eigenvalue weighted by Crippen LogP contribution is 2.36. The lowest BCUT2D eigenvalue weighted by molar-refractivity contribution is -0.123. The van der Waals surface area contributed by atoms with Gasteiger partial charge in [0.15, 0.2) is 0 Å². The van der Waals surface area contributed by atoms with E-state index in [1.807, 2.05) is 60.4 Å². The molecule has 1 aliphatic carbocycles. The second-order valence-electron chi connectivity index (χ2n) is 9.88. The van der Waals surface area contributed by atoms with Crippen LogP contribution in [-0.4, -0.2) is 26.8 Å². The predicted octanol–water partition coefficient (Wildman–Crippen LogP) is 7.10. The third kappa shape index (κ3) is 4.79. The van der Waals surface area contributed by atoms with E-state index >= 15 is 0 Å². The van der Waals surface area contributed by atoms with Gasteiger partial charge in [-0.2, -0.15) is 0 Å². The SMILES string of the molecule is CC(c1nc2ccccc2[nH]1)N(C(=O)C1CCCCC1)c1ccc2sc(C(=O)Nc3ccncc3)cc2c1. The smallest absolute Gasteiger partial charge is 0.265 e. The highest BCUT2D eigenvalue weighted by atomic mass is 32.1. The maximum atomic E-state index is 14.0. The molecule has 3 aromatic heterocycles. The molecule has 3 heterocycles. The molecule has 8 heteroatoms. The largest absolute Gasteiger partial charge is 0.340 e. The summed E-state index contributed by atoms with van der Waals surface area (Å²) in [6, 6.07) is 19.1. The van der Waals surface area contributed by atoms with E-state index in [0.717, 1.165) is 58.3 Å². The maximum Gasteiger partial charge on any atom is 0.265 e. The predicted molar refractivity (Wildman–Crippen MR) is 153 cm³/mol. The summed E-state index contributed by atoms with van der Waals surface area (Å²) < 4.78 is 0.995. The van der Waals surface area contributed by atoms with Gasteiger partial charge in [-0.15, -0.1) is 11.3 Å². The van der Waals surface area contributed by atoms with Crippen LogP contribution in [0.1, 0.15) is 60.6 Å². The fourth-order valence-electron chi connectivity index (χ4n) is 5.30. The zero-order chi connectivity index (χ0) is 26.1. The first-order chi connectivity index (χ1) is 18.6. The number of fused-ring (bicyclic) bond motifs is 2. The highest BCUT2D eigenvalue weighted by molar-refractivity contribution is 7.20. The van der Waals surface area contributed by atoms with Gasteiger partial charge >= 0.3 is 0 Å².